The van der Waals surface area contributed by atoms with Crippen LogP contribution in [-0.2, 0) is 4.74 Å². The summed E-state index contributed by atoms with van der Waals surface area (Å²) in [5, 5.41) is 3.45. The molecule has 0 aromatic heterocycles. The topological polar surface area (TPSA) is 21.3 Å². The Hall–Kier alpha value is -0.0800. The molecular formula is C9H17NO. The fourth-order valence-electron chi connectivity index (χ4n) is 2.59. The molecule has 2 rings (SSSR count). The van der Waals surface area contributed by atoms with Crippen LogP contribution in [0, 0.1) is 11.8 Å². The SMILES string of the molecule is CO[C@H]1CCC[C@@H]2CNC[C@@H]21. The van der Waals surface area contributed by atoms with Crippen LogP contribution in [0.3, 0.4) is 0 Å². The Kier molecular flexibility index (Phi) is 2.14. The molecule has 1 N–H and O–H groups in total. The van der Waals surface area contributed by atoms with Crippen LogP contribution in [0.4, 0.5) is 0 Å². The number of fused-ring (bicyclic) bond motifs is 1. The van der Waals surface area contributed by atoms with Crippen molar-refractivity contribution in [3.63, 3.8) is 0 Å². The maximum atomic E-state index is 5.47. The second-order valence-electron chi connectivity index (χ2n) is 3.79. The number of rotatable bonds is 1. The van der Waals surface area contributed by atoms with Crippen LogP contribution < -0.4 is 5.32 Å². The van der Waals surface area contributed by atoms with E-state index in [1.165, 1.54) is 32.4 Å². The van der Waals surface area contributed by atoms with Gasteiger partial charge in [0.2, 0.25) is 0 Å². The predicted molar refractivity (Wildman–Crippen MR) is 44.5 cm³/mol. The average Bonchev–Trinajstić information content (AvgIpc) is 2.50. The van der Waals surface area contributed by atoms with Crippen LogP contribution in [0.25, 0.3) is 0 Å². The lowest BCUT2D eigenvalue weighted by molar-refractivity contribution is 0.0138. The molecular weight excluding hydrogens is 138 g/mol. The maximum Gasteiger partial charge on any atom is 0.0614 e. The molecule has 1 aliphatic carbocycles. The fraction of sp³-hybridized carbons (Fsp3) is 1.00. The highest BCUT2D eigenvalue weighted by Crippen LogP contribution is 2.33. The lowest BCUT2D eigenvalue weighted by Crippen LogP contribution is -2.32. The van der Waals surface area contributed by atoms with Crippen LogP contribution in [0.2, 0.25) is 0 Å². The molecule has 1 saturated carbocycles. The van der Waals surface area contributed by atoms with Crippen molar-refractivity contribution < 1.29 is 4.74 Å². The van der Waals surface area contributed by atoms with E-state index in [2.05, 4.69) is 5.32 Å². The van der Waals surface area contributed by atoms with E-state index in [0.717, 1.165) is 11.8 Å². The number of hydrogen-bond donors (Lipinski definition) is 1. The van der Waals surface area contributed by atoms with Crippen molar-refractivity contribution >= 4 is 0 Å². The lowest BCUT2D eigenvalue weighted by Gasteiger charge is -2.31. The van der Waals surface area contributed by atoms with Gasteiger partial charge >= 0.3 is 0 Å². The third kappa shape index (κ3) is 1.30. The fourth-order valence-corrected chi connectivity index (χ4v) is 2.59. The molecule has 1 heterocycles. The molecule has 2 nitrogen and oxygen atoms in total. The van der Waals surface area contributed by atoms with Gasteiger partial charge in [0.25, 0.3) is 0 Å². The molecule has 0 radical (unpaired) electrons. The molecule has 0 amide bonds. The van der Waals surface area contributed by atoms with E-state index in [4.69, 9.17) is 4.74 Å². The third-order valence-corrected chi connectivity index (χ3v) is 3.24. The van der Waals surface area contributed by atoms with E-state index in [1.54, 1.807) is 0 Å². The Morgan fingerprint density at radius 3 is 3.00 bits per heavy atom. The molecule has 1 saturated heterocycles. The summed E-state index contributed by atoms with van der Waals surface area (Å²) in [6.07, 6.45) is 4.60. The Morgan fingerprint density at radius 1 is 1.27 bits per heavy atom. The zero-order valence-corrected chi connectivity index (χ0v) is 7.18. The van der Waals surface area contributed by atoms with Crippen LogP contribution >= 0.6 is 0 Å². The van der Waals surface area contributed by atoms with Gasteiger partial charge in [0.05, 0.1) is 6.10 Å². The summed E-state index contributed by atoms with van der Waals surface area (Å²) in [5.41, 5.74) is 0. The molecule has 11 heavy (non-hydrogen) atoms. The highest BCUT2D eigenvalue weighted by molar-refractivity contribution is 4.89. The molecule has 0 aromatic carbocycles. The molecule has 1 aliphatic heterocycles. The minimum atomic E-state index is 0.545. The van der Waals surface area contributed by atoms with Gasteiger partial charge in [-0.25, -0.2) is 0 Å². The standard InChI is InChI=1S/C9H17NO/c1-11-9-4-2-3-7-5-10-6-8(7)9/h7-10H,2-6H2,1H3/t7-,8+,9+/m1/s1. The van der Waals surface area contributed by atoms with Gasteiger partial charge in [0.1, 0.15) is 0 Å². The van der Waals surface area contributed by atoms with Crippen LogP contribution in [0.5, 0.6) is 0 Å². The minimum Gasteiger partial charge on any atom is -0.381 e. The van der Waals surface area contributed by atoms with Crippen molar-refractivity contribution in [2.45, 2.75) is 25.4 Å². The zero-order chi connectivity index (χ0) is 7.68. The molecule has 0 spiro atoms. The first-order valence-corrected chi connectivity index (χ1v) is 4.65. The quantitative estimate of drug-likeness (QED) is 0.610. The van der Waals surface area contributed by atoms with Gasteiger partial charge in [-0.15, -0.1) is 0 Å². The van der Waals surface area contributed by atoms with E-state index in [9.17, 15) is 0 Å². The lowest BCUT2D eigenvalue weighted by atomic mass is 9.79. The number of hydrogen-bond acceptors (Lipinski definition) is 2. The van der Waals surface area contributed by atoms with Crippen LogP contribution in [-0.4, -0.2) is 26.3 Å². The van der Waals surface area contributed by atoms with E-state index < -0.39 is 0 Å². The van der Waals surface area contributed by atoms with Gasteiger partial charge in [-0.1, -0.05) is 6.42 Å². The van der Waals surface area contributed by atoms with E-state index in [-0.39, 0.29) is 0 Å². The van der Waals surface area contributed by atoms with Crippen LogP contribution in [0.15, 0.2) is 0 Å². The first-order valence-electron chi connectivity index (χ1n) is 4.65. The Morgan fingerprint density at radius 2 is 2.18 bits per heavy atom. The van der Waals surface area contributed by atoms with Crippen molar-refractivity contribution in [3.8, 4) is 0 Å². The summed E-state index contributed by atoms with van der Waals surface area (Å²) in [6, 6.07) is 0. The van der Waals surface area contributed by atoms with Crippen molar-refractivity contribution in [2.24, 2.45) is 11.8 Å². The average molecular weight is 155 g/mol. The van der Waals surface area contributed by atoms with Crippen molar-refractivity contribution in [2.75, 3.05) is 20.2 Å². The normalized spacial score (nSPS) is 43.9. The molecule has 0 aromatic rings. The number of methoxy groups -OCH3 is 1. The highest BCUT2D eigenvalue weighted by atomic mass is 16.5. The number of nitrogens with one attached hydrogen (secondary N) is 1. The van der Waals surface area contributed by atoms with Crippen molar-refractivity contribution in [1.29, 1.82) is 0 Å². The van der Waals surface area contributed by atoms with E-state index in [1.807, 2.05) is 7.11 Å². The Labute approximate surface area is 68.3 Å². The monoisotopic (exact) mass is 155 g/mol. The summed E-state index contributed by atoms with van der Waals surface area (Å²) >= 11 is 0. The first-order chi connectivity index (χ1) is 5.42. The van der Waals surface area contributed by atoms with Gasteiger partial charge in [-0.3, -0.25) is 0 Å². The maximum absolute atomic E-state index is 5.47. The Balaban J connectivity index is 2.00. The minimum absolute atomic E-state index is 0.545. The van der Waals surface area contributed by atoms with Gasteiger partial charge < -0.3 is 10.1 Å². The summed E-state index contributed by atoms with van der Waals surface area (Å²) in [4.78, 5) is 0. The predicted octanol–water partition coefficient (Wildman–Crippen LogP) is 1.02. The van der Waals surface area contributed by atoms with Gasteiger partial charge in [0.15, 0.2) is 0 Å². The molecule has 0 bridgehead atoms. The summed E-state index contributed by atoms with van der Waals surface area (Å²) in [5.74, 6) is 1.72. The van der Waals surface area contributed by atoms with Gasteiger partial charge in [-0.2, -0.15) is 0 Å². The van der Waals surface area contributed by atoms with Gasteiger partial charge in [-0.05, 0) is 25.3 Å². The van der Waals surface area contributed by atoms with E-state index in [0.29, 0.717) is 6.10 Å². The molecule has 3 atom stereocenters. The first kappa shape index (κ1) is 7.56. The molecule has 2 aliphatic rings. The molecule has 2 heteroatoms. The molecule has 0 unspecified atom stereocenters. The number of ether oxygens (including phenoxy) is 1. The van der Waals surface area contributed by atoms with E-state index >= 15 is 0 Å². The second kappa shape index (κ2) is 3.11. The van der Waals surface area contributed by atoms with Crippen LogP contribution in [0.1, 0.15) is 19.3 Å². The third-order valence-electron chi connectivity index (χ3n) is 3.24. The summed E-state index contributed by atoms with van der Waals surface area (Å²) in [7, 11) is 1.85. The smallest absolute Gasteiger partial charge is 0.0614 e. The summed E-state index contributed by atoms with van der Waals surface area (Å²) in [6.45, 7) is 2.41. The zero-order valence-electron chi connectivity index (χ0n) is 7.18. The highest BCUT2D eigenvalue weighted by Gasteiger charge is 2.36. The largest absolute Gasteiger partial charge is 0.381 e. The van der Waals surface area contributed by atoms with Crippen molar-refractivity contribution in [1.82, 2.24) is 5.32 Å². The molecule has 2 fully saturated rings. The molecule has 64 valence electrons. The van der Waals surface area contributed by atoms with Crippen molar-refractivity contribution in [3.05, 3.63) is 0 Å². The summed E-state index contributed by atoms with van der Waals surface area (Å²) < 4.78 is 5.47. The Bertz CT molecular complexity index is 138. The second-order valence-corrected chi connectivity index (χ2v) is 3.79. The van der Waals surface area contributed by atoms with Gasteiger partial charge in [0, 0.05) is 19.6 Å².